The summed E-state index contributed by atoms with van der Waals surface area (Å²) in [6.07, 6.45) is 5.58. The topological polar surface area (TPSA) is 115 Å². The number of aryl methyl sites for hydroxylation is 1. The number of unbranched alkanes of at least 4 members (excludes halogenated alkanes) is 3. The summed E-state index contributed by atoms with van der Waals surface area (Å²) >= 11 is 3.53. The SMILES string of the molecule is CCOC(=O)CCc1ccccc1OCC(CCCCCCOc1cc(Br)cc(-c2c(C)n(C)c(=O)n(C)c2=O)c1)CC(=O)OCC. The van der Waals surface area contributed by atoms with Crippen molar-refractivity contribution in [2.45, 2.75) is 72.1 Å². The minimum atomic E-state index is -0.365. The number of hydrogen-bond donors (Lipinski definition) is 0. The second-order valence-corrected chi connectivity index (χ2v) is 12.4. The number of esters is 2. The largest absolute Gasteiger partial charge is 0.494 e. The second kappa shape index (κ2) is 19.1. The minimum Gasteiger partial charge on any atom is -0.494 e. The van der Waals surface area contributed by atoms with Crippen LogP contribution in [0.3, 0.4) is 0 Å². The number of carbonyl (C=O) groups is 2. The van der Waals surface area contributed by atoms with Crippen LogP contribution in [-0.2, 0) is 39.6 Å². The van der Waals surface area contributed by atoms with Gasteiger partial charge in [0.1, 0.15) is 11.5 Å². The average Bonchev–Trinajstić information content (AvgIpc) is 3.04. The van der Waals surface area contributed by atoms with E-state index in [4.69, 9.17) is 18.9 Å². The number of benzene rings is 2. The van der Waals surface area contributed by atoms with Gasteiger partial charge in [0.05, 0.1) is 38.4 Å². The van der Waals surface area contributed by atoms with Gasteiger partial charge >= 0.3 is 17.6 Å². The van der Waals surface area contributed by atoms with Crippen LogP contribution in [0.5, 0.6) is 11.5 Å². The first-order valence-corrected chi connectivity index (χ1v) is 17.1. The van der Waals surface area contributed by atoms with Crippen LogP contribution >= 0.6 is 15.9 Å². The van der Waals surface area contributed by atoms with Crippen LogP contribution < -0.4 is 20.7 Å². The molecule has 1 atom stereocenters. The molecule has 0 radical (unpaired) electrons. The van der Waals surface area contributed by atoms with E-state index in [0.29, 0.717) is 61.2 Å². The summed E-state index contributed by atoms with van der Waals surface area (Å²) in [6, 6.07) is 13.2. The molecule has 2 aromatic carbocycles. The molecule has 0 spiro atoms. The highest BCUT2D eigenvalue weighted by molar-refractivity contribution is 9.10. The third-order valence-corrected chi connectivity index (χ3v) is 8.46. The number of rotatable bonds is 19. The highest BCUT2D eigenvalue weighted by Gasteiger charge is 2.18. The van der Waals surface area contributed by atoms with Crippen LogP contribution in [0.1, 0.15) is 70.1 Å². The lowest BCUT2D eigenvalue weighted by Crippen LogP contribution is -2.39. The Morgan fingerprint density at radius 3 is 2.32 bits per heavy atom. The van der Waals surface area contributed by atoms with E-state index in [2.05, 4.69) is 15.9 Å². The lowest BCUT2D eigenvalue weighted by molar-refractivity contribution is -0.145. The molecular formula is C36H47BrN2O8. The van der Waals surface area contributed by atoms with Crippen LogP contribution in [0, 0.1) is 12.8 Å². The van der Waals surface area contributed by atoms with Crippen molar-refractivity contribution in [2.75, 3.05) is 26.4 Å². The Morgan fingerprint density at radius 1 is 0.872 bits per heavy atom. The number of hydrogen-bond acceptors (Lipinski definition) is 8. The standard InChI is InChI=1S/C36H47BrN2O8/c1-6-44-32(40)18-17-27-15-11-12-16-31(27)47-24-26(20-33(41)45-7-2)14-10-8-9-13-19-46-30-22-28(21-29(37)23-30)34-25(3)38(4)36(43)39(5)35(34)42/h11-12,15-16,21-23,26H,6-10,13-14,17-20,24H2,1-5H3. The molecule has 256 valence electrons. The van der Waals surface area contributed by atoms with Gasteiger partial charge in [-0.15, -0.1) is 0 Å². The molecule has 1 aromatic heterocycles. The summed E-state index contributed by atoms with van der Waals surface area (Å²) < 4.78 is 25.8. The zero-order valence-corrected chi connectivity index (χ0v) is 29.7. The molecule has 10 nitrogen and oxygen atoms in total. The third kappa shape index (κ3) is 11.4. The van der Waals surface area contributed by atoms with Crippen LogP contribution in [0.15, 0.2) is 56.5 Å². The van der Waals surface area contributed by atoms with Gasteiger partial charge in [-0.3, -0.25) is 19.0 Å². The molecule has 1 unspecified atom stereocenters. The summed E-state index contributed by atoms with van der Waals surface area (Å²) in [5.74, 6) is 0.878. The van der Waals surface area contributed by atoms with Gasteiger partial charge in [0.25, 0.3) is 5.56 Å². The Hall–Kier alpha value is -3.86. The summed E-state index contributed by atoms with van der Waals surface area (Å²) in [4.78, 5) is 49.4. The molecule has 0 amide bonds. The molecule has 47 heavy (non-hydrogen) atoms. The molecule has 0 bridgehead atoms. The Balaban J connectivity index is 1.51. The first-order chi connectivity index (χ1) is 22.5. The van der Waals surface area contributed by atoms with E-state index < -0.39 is 0 Å². The van der Waals surface area contributed by atoms with E-state index in [-0.39, 0.29) is 41.9 Å². The van der Waals surface area contributed by atoms with Crippen molar-refractivity contribution < 1.29 is 28.5 Å². The number of halogens is 1. The van der Waals surface area contributed by atoms with Crippen LogP contribution in [0.4, 0.5) is 0 Å². The van der Waals surface area contributed by atoms with Gasteiger partial charge < -0.3 is 23.5 Å². The molecule has 0 aliphatic rings. The molecule has 3 rings (SSSR count). The number of carbonyl (C=O) groups excluding carboxylic acids is 2. The number of aromatic nitrogens is 2. The first-order valence-electron chi connectivity index (χ1n) is 16.3. The fraction of sp³-hybridized carbons (Fsp3) is 0.500. The van der Waals surface area contributed by atoms with Gasteiger partial charge in [-0.25, -0.2) is 4.79 Å². The van der Waals surface area contributed by atoms with Gasteiger partial charge in [-0.1, -0.05) is 53.4 Å². The molecular weight excluding hydrogens is 668 g/mol. The zero-order valence-electron chi connectivity index (χ0n) is 28.1. The Kier molecular flexibility index (Phi) is 15.3. The average molecular weight is 716 g/mol. The highest BCUT2D eigenvalue weighted by Crippen LogP contribution is 2.29. The second-order valence-electron chi connectivity index (χ2n) is 11.5. The molecule has 1 heterocycles. The summed E-state index contributed by atoms with van der Waals surface area (Å²) in [7, 11) is 3.13. The fourth-order valence-corrected chi connectivity index (χ4v) is 5.85. The Bertz CT molecular complexity index is 1610. The van der Waals surface area contributed by atoms with E-state index in [0.717, 1.165) is 46.7 Å². The maximum atomic E-state index is 12.9. The Morgan fingerprint density at radius 2 is 1.57 bits per heavy atom. The van der Waals surface area contributed by atoms with Gasteiger partial charge in [-0.05, 0) is 75.4 Å². The number of nitrogens with zero attached hydrogens (tertiary/aromatic N) is 2. The van der Waals surface area contributed by atoms with Gasteiger partial charge in [0.15, 0.2) is 0 Å². The van der Waals surface area contributed by atoms with Crippen molar-refractivity contribution in [3.8, 4) is 22.6 Å². The maximum Gasteiger partial charge on any atom is 0.330 e. The monoisotopic (exact) mass is 714 g/mol. The molecule has 0 saturated carbocycles. The van der Waals surface area contributed by atoms with Crippen molar-refractivity contribution in [3.05, 3.63) is 79.0 Å². The minimum absolute atomic E-state index is 0.00264. The van der Waals surface area contributed by atoms with Crippen molar-refractivity contribution in [1.29, 1.82) is 0 Å². The van der Waals surface area contributed by atoms with Gasteiger partial charge in [0, 0.05) is 36.6 Å². The zero-order chi connectivity index (χ0) is 34.3. The summed E-state index contributed by atoms with van der Waals surface area (Å²) in [6.45, 7) is 6.93. The van der Waals surface area contributed by atoms with Crippen LogP contribution in [0.2, 0.25) is 0 Å². The summed E-state index contributed by atoms with van der Waals surface area (Å²) in [5, 5.41) is 0. The quantitative estimate of drug-likeness (QED) is 0.105. The Labute approximate surface area is 285 Å². The van der Waals surface area contributed by atoms with E-state index in [9.17, 15) is 19.2 Å². The highest BCUT2D eigenvalue weighted by atomic mass is 79.9. The summed E-state index contributed by atoms with van der Waals surface area (Å²) in [5.41, 5.74) is 1.95. The lowest BCUT2D eigenvalue weighted by atomic mass is 9.98. The van der Waals surface area contributed by atoms with Crippen LogP contribution in [-0.4, -0.2) is 47.5 Å². The van der Waals surface area contributed by atoms with E-state index in [1.54, 1.807) is 27.8 Å². The number of para-hydroxylation sites is 1. The molecule has 0 N–H and O–H groups in total. The van der Waals surface area contributed by atoms with E-state index >= 15 is 0 Å². The van der Waals surface area contributed by atoms with Crippen LogP contribution in [0.25, 0.3) is 11.1 Å². The van der Waals surface area contributed by atoms with Crippen molar-refractivity contribution >= 4 is 27.9 Å². The van der Waals surface area contributed by atoms with E-state index in [1.165, 1.54) is 11.6 Å². The predicted molar refractivity (Wildman–Crippen MR) is 185 cm³/mol. The van der Waals surface area contributed by atoms with E-state index in [1.807, 2.05) is 42.5 Å². The fourth-order valence-electron chi connectivity index (χ4n) is 5.38. The van der Waals surface area contributed by atoms with Crippen molar-refractivity contribution in [1.82, 2.24) is 9.13 Å². The lowest BCUT2D eigenvalue weighted by Gasteiger charge is -2.19. The molecule has 0 saturated heterocycles. The van der Waals surface area contributed by atoms with Crippen molar-refractivity contribution in [3.63, 3.8) is 0 Å². The molecule has 0 aliphatic carbocycles. The molecule has 0 fully saturated rings. The normalized spacial score (nSPS) is 11.6. The third-order valence-electron chi connectivity index (χ3n) is 8.00. The maximum absolute atomic E-state index is 12.9. The van der Waals surface area contributed by atoms with Gasteiger partial charge in [-0.2, -0.15) is 0 Å². The molecule has 11 heteroatoms. The predicted octanol–water partition coefficient (Wildman–Crippen LogP) is 6.30. The smallest absolute Gasteiger partial charge is 0.330 e. The molecule has 3 aromatic rings. The first kappa shape index (κ1) is 37.6. The van der Waals surface area contributed by atoms with Crippen molar-refractivity contribution in [2.24, 2.45) is 20.0 Å². The number of ether oxygens (including phenoxy) is 4. The molecule has 0 aliphatic heterocycles. The van der Waals surface area contributed by atoms with Gasteiger partial charge in [0.2, 0.25) is 0 Å².